The fourth-order valence-corrected chi connectivity index (χ4v) is 3.43. The summed E-state index contributed by atoms with van der Waals surface area (Å²) in [7, 11) is 0. The third-order valence-electron chi connectivity index (χ3n) is 4.93. The summed E-state index contributed by atoms with van der Waals surface area (Å²) in [6.07, 6.45) is 14.4. The summed E-state index contributed by atoms with van der Waals surface area (Å²) in [4.78, 5) is 14.1. The van der Waals surface area contributed by atoms with Gasteiger partial charge in [-0.25, -0.2) is 0 Å². The highest BCUT2D eigenvalue weighted by Crippen LogP contribution is 2.32. The Bertz CT molecular complexity index is 591. The molecule has 136 valence electrons. The second-order valence-corrected chi connectivity index (χ2v) is 6.91. The smallest absolute Gasteiger partial charge is 0.231 e. The molecule has 4 nitrogen and oxygen atoms in total. The Morgan fingerprint density at radius 2 is 1.80 bits per heavy atom. The molecule has 1 amide bonds. The van der Waals surface area contributed by atoms with Gasteiger partial charge in [-0.2, -0.15) is 0 Å². The van der Waals surface area contributed by atoms with Crippen molar-refractivity contribution in [3.05, 3.63) is 29.8 Å². The van der Waals surface area contributed by atoms with E-state index in [-0.39, 0.29) is 0 Å². The Hall–Kier alpha value is -1.97. The topological polar surface area (TPSA) is 38.8 Å². The summed E-state index contributed by atoms with van der Waals surface area (Å²) in [6, 6.07) is 6.03. The predicted octanol–water partition coefficient (Wildman–Crippen LogP) is 4.78. The highest BCUT2D eigenvalue weighted by Gasteiger charge is 2.15. The van der Waals surface area contributed by atoms with Gasteiger partial charge >= 0.3 is 0 Å². The van der Waals surface area contributed by atoms with Crippen molar-refractivity contribution in [3.8, 4) is 11.5 Å². The number of rotatable bonds is 8. The minimum atomic E-state index is 0.322. The van der Waals surface area contributed by atoms with E-state index in [1.54, 1.807) is 0 Å². The van der Waals surface area contributed by atoms with Crippen LogP contribution in [0.3, 0.4) is 0 Å². The average molecular weight is 343 g/mol. The van der Waals surface area contributed by atoms with Gasteiger partial charge in [0, 0.05) is 19.5 Å². The number of hydrogen-bond acceptors (Lipinski definition) is 3. The van der Waals surface area contributed by atoms with Gasteiger partial charge in [0.25, 0.3) is 0 Å². The lowest BCUT2D eigenvalue weighted by Gasteiger charge is -2.26. The largest absolute Gasteiger partial charge is 0.454 e. The number of hydrogen-bond donors (Lipinski definition) is 0. The zero-order chi connectivity index (χ0) is 17.3. The van der Waals surface area contributed by atoms with Gasteiger partial charge in [-0.1, -0.05) is 31.1 Å². The Morgan fingerprint density at radius 3 is 2.68 bits per heavy atom. The third-order valence-corrected chi connectivity index (χ3v) is 4.93. The van der Waals surface area contributed by atoms with E-state index in [1.807, 2.05) is 12.1 Å². The number of unbranched alkanes of at least 4 members (excludes halogenated alkanes) is 4. The standard InChI is InChI=1S/C21H29NO3/c23-21(22-14-8-5-9-15-22)11-7-4-2-1-3-6-10-18-12-13-19-20(16-18)25-17-24-19/h6,10,12-13,16H,1-5,7-9,11,14-15,17H2. The maximum atomic E-state index is 12.1. The van der Waals surface area contributed by atoms with E-state index in [4.69, 9.17) is 9.47 Å². The highest BCUT2D eigenvalue weighted by atomic mass is 16.7. The summed E-state index contributed by atoms with van der Waals surface area (Å²) < 4.78 is 10.7. The zero-order valence-corrected chi connectivity index (χ0v) is 15.0. The van der Waals surface area contributed by atoms with Crippen molar-refractivity contribution >= 4 is 12.0 Å². The molecule has 0 atom stereocenters. The predicted molar refractivity (Wildman–Crippen MR) is 99.7 cm³/mol. The lowest BCUT2D eigenvalue weighted by atomic mass is 10.1. The fraction of sp³-hybridized carbons (Fsp3) is 0.571. The normalized spacial score (nSPS) is 16.6. The third kappa shape index (κ3) is 5.52. The average Bonchev–Trinajstić information content (AvgIpc) is 3.12. The van der Waals surface area contributed by atoms with Gasteiger partial charge in [-0.15, -0.1) is 0 Å². The van der Waals surface area contributed by atoms with Gasteiger partial charge in [0.05, 0.1) is 0 Å². The Morgan fingerprint density at radius 1 is 1.00 bits per heavy atom. The molecule has 4 heteroatoms. The summed E-state index contributed by atoms with van der Waals surface area (Å²) in [5, 5.41) is 0. The number of likely N-dealkylation sites (tertiary alicyclic amines) is 1. The number of ether oxygens (including phenoxy) is 2. The van der Waals surface area contributed by atoms with Crippen LogP contribution in [0.4, 0.5) is 0 Å². The molecule has 1 fully saturated rings. The van der Waals surface area contributed by atoms with Crippen LogP contribution in [0.15, 0.2) is 24.3 Å². The molecule has 1 aromatic carbocycles. The van der Waals surface area contributed by atoms with Crippen molar-refractivity contribution < 1.29 is 14.3 Å². The lowest BCUT2D eigenvalue weighted by Crippen LogP contribution is -2.35. The first-order valence-corrected chi connectivity index (χ1v) is 9.67. The number of piperidine rings is 1. The number of allylic oxidation sites excluding steroid dienone is 1. The molecule has 2 aliphatic rings. The maximum absolute atomic E-state index is 12.1. The SMILES string of the molecule is O=C(CCCCCCC=Cc1ccc2c(c1)OCO2)N1CCCCC1. The summed E-state index contributed by atoms with van der Waals surface area (Å²) >= 11 is 0. The van der Waals surface area contributed by atoms with E-state index in [0.29, 0.717) is 12.7 Å². The van der Waals surface area contributed by atoms with Gasteiger partial charge in [-0.3, -0.25) is 4.79 Å². The minimum Gasteiger partial charge on any atom is -0.454 e. The van der Waals surface area contributed by atoms with E-state index in [2.05, 4.69) is 23.1 Å². The first-order chi connectivity index (χ1) is 12.3. The minimum absolute atomic E-state index is 0.322. The van der Waals surface area contributed by atoms with Crippen LogP contribution in [0.1, 0.15) is 63.4 Å². The Labute approximate surface area is 150 Å². The molecule has 0 aromatic heterocycles. The molecule has 0 bridgehead atoms. The maximum Gasteiger partial charge on any atom is 0.231 e. The Balaban J connectivity index is 1.24. The van der Waals surface area contributed by atoms with Crippen molar-refractivity contribution in [1.82, 2.24) is 4.90 Å². The quantitative estimate of drug-likeness (QED) is 0.638. The molecule has 1 saturated heterocycles. The molecule has 0 aliphatic carbocycles. The van der Waals surface area contributed by atoms with E-state index >= 15 is 0 Å². The molecule has 25 heavy (non-hydrogen) atoms. The number of carbonyl (C=O) groups excluding carboxylic acids is 1. The highest BCUT2D eigenvalue weighted by molar-refractivity contribution is 5.76. The van der Waals surface area contributed by atoms with E-state index in [0.717, 1.165) is 55.8 Å². The van der Waals surface area contributed by atoms with Crippen molar-refractivity contribution in [2.45, 2.75) is 57.8 Å². The summed E-state index contributed by atoms with van der Waals surface area (Å²) in [5.74, 6) is 2.03. The van der Waals surface area contributed by atoms with Crippen molar-refractivity contribution in [3.63, 3.8) is 0 Å². The molecule has 3 rings (SSSR count). The molecule has 0 unspecified atom stereocenters. The molecule has 1 aromatic rings. The van der Waals surface area contributed by atoms with Gasteiger partial charge in [0.1, 0.15) is 0 Å². The second kappa shape index (κ2) is 9.50. The number of fused-ring (bicyclic) bond motifs is 1. The fourth-order valence-electron chi connectivity index (χ4n) is 3.43. The van der Waals surface area contributed by atoms with Crippen LogP contribution in [0.25, 0.3) is 6.08 Å². The van der Waals surface area contributed by atoms with Crippen molar-refractivity contribution in [2.75, 3.05) is 19.9 Å². The van der Waals surface area contributed by atoms with Crippen LogP contribution in [0, 0.1) is 0 Å². The number of nitrogens with zero attached hydrogens (tertiary/aromatic N) is 1. The van der Waals surface area contributed by atoms with Crippen LogP contribution in [-0.2, 0) is 4.79 Å². The summed E-state index contributed by atoms with van der Waals surface area (Å²) in [6.45, 7) is 2.27. The molecule has 0 saturated carbocycles. The van der Waals surface area contributed by atoms with Crippen LogP contribution in [0.5, 0.6) is 11.5 Å². The lowest BCUT2D eigenvalue weighted by molar-refractivity contribution is -0.132. The van der Waals surface area contributed by atoms with E-state index < -0.39 is 0 Å². The van der Waals surface area contributed by atoms with Crippen LogP contribution >= 0.6 is 0 Å². The molecule has 2 heterocycles. The molecule has 0 radical (unpaired) electrons. The van der Waals surface area contributed by atoms with Crippen LogP contribution in [0.2, 0.25) is 0 Å². The summed E-state index contributed by atoms with van der Waals surface area (Å²) in [5.41, 5.74) is 1.15. The van der Waals surface area contributed by atoms with Crippen LogP contribution in [-0.4, -0.2) is 30.7 Å². The zero-order valence-electron chi connectivity index (χ0n) is 15.0. The van der Waals surface area contributed by atoms with Crippen molar-refractivity contribution in [2.24, 2.45) is 0 Å². The molecular formula is C21H29NO3. The van der Waals surface area contributed by atoms with Crippen molar-refractivity contribution in [1.29, 1.82) is 0 Å². The van der Waals surface area contributed by atoms with E-state index in [1.165, 1.54) is 32.1 Å². The second-order valence-electron chi connectivity index (χ2n) is 6.91. The van der Waals surface area contributed by atoms with Crippen LogP contribution < -0.4 is 9.47 Å². The monoisotopic (exact) mass is 343 g/mol. The first kappa shape index (κ1) is 17.8. The van der Waals surface area contributed by atoms with Gasteiger partial charge in [0.2, 0.25) is 12.7 Å². The van der Waals surface area contributed by atoms with E-state index in [9.17, 15) is 4.79 Å². The number of benzene rings is 1. The molecule has 2 aliphatic heterocycles. The molecule has 0 spiro atoms. The first-order valence-electron chi connectivity index (χ1n) is 9.67. The molecule has 0 N–H and O–H groups in total. The van der Waals surface area contributed by atoms with Gasteiger partial charge in [-0.05, 0) is 56.2 Å². The number of amides is 1. The molecular weight excluding hydrogens is 314 g/mol. The Kier molecular flexibility index (Phi) is 6.78. The van der Waals surface area contributed by atoms with Gasteiger partial charge < -0.3 is 14.4 Å². The van der Waals surface area contributed by atoms with Gasteiger partial charge in [0.15, 0.2) is 11.5 Å². The number of carbonyl (C=O) groups is 1.